The van der Waals surface area contributed by atoms with Crippen LogP contribution in [0.4, 0.5) is 18.9 Å². The van der Waals surface area contributed by atoms with E-state index in [0.29, 0.717) is 5.69 Å². The predicted octanol–water partition coefficient (Wildman–Crippen LogP) is 3.06. The summed E-state index contributed by atoms with van der Waals surface area (Å²) in [5, 5.41) is 2.53. The zero-order valence-electron chi connectivity index (χ0n) is 13.0. The number of methoxy groups -OCH3 is 1. The van der Waals surface area contributed by atoms with Gasteiger partial charge in [-0.3, -0.25) is 9.78 Å². The highest BCUT2D eigenvalue weighted by atomic mass is 19.4. The van der Waals surface area contributed by atoms with Gasteiger partial charge >= 0.3 is 12.1 Å². The Kier molecular flexibility index (Phi) is 5.58. The Labute approximate surface area is 140 Å². The Balaban J connectivity index is 1.97. The maximum atomic E-state index is 12.1. The van der Waals surface area contributed by atoms with Gasteiger partial charge in [0.05, 0.1) is 12.7 Å². The lowest BCUT2D eigenvalue weighted by Crippen LogP contribution is -2.19. The molecule has 0 saturated carbocycles. The SMILES string of the molecule is COC(=O)c1ccc(C(=O)Nc2ccc(OCC(F)(F)F)cc2)nc1. The highest BCUT2D eigenvalue weighted by Crippen LogP contribution is 2.20. The van der Waals surface area contributed by atoms with E-state index in [9.17, 15) is 22.8 Å². The molecule has 132 valence electrons. The van der Waals surface area contributed by atoms with E-state index in [1.807, 2.05) is 0 Å². The van der Waals surface area contributed by atoms with Crippen molar-refractivity contribution in [3.8, 4) is 5.75 Å². The van der Waals surface area contributed by atoms with Gasteiger partial charge in [-0.1, -0.05) is 0 Å². The first kappa shape index (κ1) is 18.2. The third-order valence-electron chi connectivity index (χ3n) is 2.93. The van der Waals surface area contributed by atoms with Crippen molar-refractivity contribution in [1.82, 2.24) is 4.98 Å². The van der Waals surface area contributed by atoms with Crippen LogP contribution in [0.3, 0.4) is 0 Å². The van der Waals surface area contributed by atoms with Gasteiger partial charge in [0.25, 0.3) is 5.91 Å². The topological polar surface area (TPSA) is 77.5 Å². The van der Waals surface area contributed by atoms with Gasteiger partial charge in [0.2, 0.25) is 0 Å². The Hall–Kier alpha value is -3.10. The van der Waals surface area contributed by atoms with Crippen LogP contribution in [-0.4, -0.2) is 36.8 Å². The standard InChI is InChI=1S/C16H13F3N2O4/c1-24-15(23)10-2-7-13(20-8-10)14(22)21-11-3-5-12(6-4-11)25-9-16(17,18)19/h2-8H,9H2,1H3,(H,21,22). The smallest absolute Gasteiger partial charge is 0.422 e. The summed E-state index contributed by atoms with van der Waals surface area (Å²) in [5.74, 6) is -1.09. The normalized spacial score (nSPS) is 10.9. The minimum Gasteiger partial charge on any atom is -0.484 e. The minimum absolute atomic E-state index is 0.0240. The monoisotopic (exact) mass is 354 g/mol. The molecule has 0 spiro atoms. The summed E-state index contributed by atoms with van der Waals surface area (Å²) in [4.78, 5) is 27.2. The molecule has 0 atom stereocenters. The second-order valence-electron chi connectivity index (χ2n) is 4.81. The molecule has 1 N–H and O–H groups in total. The summed E-state index contributed by atoms with van der Waals surface area (Å²) in [6.07, 6.45) is -3.22. The number of ether oxygens (including phenoxy) is 2. The summed E-state index contributed by atoms with van der Waals surface area (Å²) >= 11 is 0. The number of anilines is 1. The number of halogens is 3. The summed E-state index contributed by atoms with van der Waals surface area (Å²) in [7, 11) is 1.23. The van der Waals surface area contributed by atoms with Crippen LogP contribution in [0.15, 0.2) is 42.6 Å². The molecule has 1 aromatic heterocycles. The average molecular weight is 354 g/mol. The molecule has 1 heterocycles. The van der Waals surface area contributed by atoms with Crippen LogP contribution in [0.1, 0.15) is 20.8 Å². The number of hydrogen-bond acceptors (Lipinski definition) is 5. The molecule has 0 fully saturated rings. The van der Waals surface area contributed by atoms with Crippen LogP contribution in [0.2, 0.25) is 0 Å². The average Bonchev–Trinajstić information content (AvgIpc) is 2.60. The maximum absolute atomic E-state index is 12.1. The largest absolute Gasteiger partial charge is 0.484 e. The first-order chi connectivity index (χ1) is 11.8. The number of carbonyl (C=O) groups excluding carboxylic acids is 2. The van der Waals surface area contributed by atoms with Crippen LogP contribution < -0.4 is 10.1 Å². The number of nitrogens with zero attached hydrogens (tertiary/aromatic N) is 1. The van der Waals surface area contributed by atoms with Gasteiger partial charge in [-0.2, -0.15) is 13.2 Å². The zero-order chi connectivity index (χ0) is 18.4. The van der Waals surface area contributed by atoms with Gasteiger partial charge in [-0.05, 0) is 36.4 Å². The zero-order valence-corrected chi connectivity index (χ0v) is 13.0. The van der Waals surface area contributed by atoms with Crippen molar-refractivity contribution in [2.24, 2.45) is 0 Å². The van der Waals surface area contributed by atoms with Crippen molar-refractivity contribution in [3.05, 3.63) is 53.9 Å². The summed E-state index contributed by atoms with van der Waals surface area (Å²) in [6, 6.07) is 8.13. The number of alkyl halides is 3. The Morgan fingerprint density at radius 2 is 1.80 bits per heavy atom. The fourth-order valence-corrected chi connectivity index (χ4v) is 1.76. The lowest BCUT2D eigenvalue weighted by molar-refractivity contribution is -0.153. The van der Waals surface area contributed by atoms with E-state index < -0.39 is 24.7 Å². The van der Waals surface area contributed by atoms with Crippen molar-refractivity contribution in [2.45, 2.75) is 6.18 Å². The third-order valence-corrected chi connectivity index (χ3v) is 2.93. The summed E-state index contributed by atoms with van der Waals surface area (Å²) in [6.45, 7) is -1.39. The number of carbonyl (C=O) groups is 2. The molecule has 25 heavy (non-hydrogen) atoms. The van der Waals surface area contributed by atoms with E-state index in [-0.39, 0.29) is 17.0 Å². The summed E-state index contributed by atoms with van der Waals surface area (Å²) < 4.78 is 45.3. The quantitative estimate of drug-likeness (QED) is 0.835. The van der Waals surface area contributed by atoms with E-state index in [2.05, 4.69) is 19.8 Å². The van der Waals surface area contributed by atoms with Crippen molar-refractivity contribution in [2.75, 3.05) is 19.0 Å². The molecule has 1 amide bonds. The first-order valence-electron chi connectivity index (χ1n) is 6.94. The molecule has 0 aliphatic rings. The second kappa shape index (κ2) is 7.65. The highest BCUT2D eigenvalue weighted by Gasteiger charge is 2.28. The molecule has 0 aliphatic heterocycles. The Bertz CT molecular complexity index is 743. The van der Waals surface area contributed by atoms with Gasteiger partial charge in [-0.25, -0.2) is 4.79 Å². The first-order valence-corrected chi connectivity index (χ1v) is 6.94. The maximum Gasteiger partial charge on any atom is 0.422 e. The fraction of sp³-hybridized carbons (Fsp3) is 0.188. The molecule has 2 rings (SSSR count). The number of nitrogens with one attached hydrogen (secondary N) is 1. The number of pyridine rings is 1. The molecule has 0 radical (unpaired) electrons. The molecule has 0 bridgehead atoms. The molecule has 2 aromatic rings. The van der Waals surface area contributed by atoms with E-state index in [1.54, 1.807) is 0 Å². The number of aromatic nitrogens is 1. The molecule has 0 saturated heterocycles. The molecule has 6 nitrogen and oxygen atoms in total. The van der Waals surface area contributed by atoms with Crippen LogP contribution in [0.25, 0.3) is 0 Å². The molecule has 0 aliphatic carbocycles. The number of rotatable bonds is 5. The fourth-order valence-electron chi connectivity index (χ4n) is 1.76. The molecule has 9 heteroatoms. The van der Waals surface area contributed by atoms with Crippen molar-refractivity contribution >= 4 is 17.6 Å². The molecule has 0 unspecified atom stereocenters. The van der Waals surface area contributed by atoms with Gasteiger partial charge in [-0.15, -0.1) is 0 Å². The third kappa shape index (κ3) is 5.48. The number of hydrogen-bond donors (Lipinski definition) is 1. The van der Waals surface area contributed by atoms with Gasteiger partial charge < -0.3 is 14.8 Å². The van der Waals surface area contributed by atoms with E-state index in [1.165, 1.54) is 49.7 Å². The van der Waals surface area contributed by atoms with E-state index in [4.69, 9.17) is 0 Å². The number of esters is 1. The van der Waals surface area contributed by atoms with Crippen LogP contribution in [0.5, 0.6) is 5.75 Å². The summed E-state index contributed by atoms with van der Waals surface area (Å²) in [5.41, 5.74) is 0.610. The van der Waals surface area contributed by atoms with E-state index >= 15 is 0 Å². The van der Waals surface area contributed by atoms with Crippen LogP contribution >= 0.6 is 0 Å². The lowest BCUT2D eigenvalue weighted by atomic mass is 10.2. The van der Waals surface area contributed by atoms with Crippen LogP contribution in [-0.2, 0) is 4.74 Å². The van der Waals surface area contributed by atoms with Crippen molar-refractivity contribution in [3.63, 3.8) is 0 Å². The van der Waals surface area contributed by atoms with Gasteiger partial charge in [0, 0.05) is 11.9 Å². The van der Waals surface area contributed by atoms with Gasteiger partial charge in [0.15, 0.2) is 6.61 Å². The van der Waals surface area contributed by atoms with Crippen LogP contribution in [0, 0.1) is 0 Å². The Morgan fingerprint density at radius 1 is 1.12 bits per heavy atom. The van der Waals surface area contributed by atoms with Gasteiger partial charge in [0.1, 0.15) is 11.4 Å². The predicted molar refractivity (Wildman–Crippen MR) is 81.5 cm³/mol. The highest BCUT2D eigenvalue weighted by molar-refractivity contribution is 6.03. The lowest BCUT2D eigenvalue weighted by Gasteiger charge is -2.10. The number of benzene rings is 1. The van der Waals surface area contributed by atoms with Crippen molar-refractivity contribution in [1.29, 1.82) is 0 Å². The molecular formula is C16H13F3N2O4. The number of amides is 1. The molecular weight excluding hydrogens is 341 g/mol. The van der Waals surface area contributed by atoms with E-state index in [0.717, 1.165) is 0 Å². The molecule has 1 aromatic carbocycles. The Morgan fingerprint density at radius 3 is 2.32 bits per heavy atom. The minimum atomic E-state index is -4.42. The second-order valence-corrected chi connectivity index (χ2v) is 4.81. The van der Waals surface area contributed by atoms with Crippen molar-refractivity contribution < 1.29 is 32.2 Å².